The Morgan fingerprint density at radius 2 is 1.89 bits per heavy atom. The van der Waals surface area contributed by atoms with Crippen LogP contribution in [0.15, 0.2) is 18.2 Å². The summed E-state index contributed by atoms with van der Waals surface area (Å²) in [4.78, 5) is 0.477. The van der Waals surface area contributed by atoms with Gasteiger partial charge in [-0.3, -0.25) is 0 Å². The first-order valence-electron chi connectivity index (χ1n) is 6.97. The molecule has 0 amide bonds. The third-order valence-corrected chi connectivity index (χ3v) is 4.33. The largest absolute Gasteiger partial charge is 0.497 e. The van der Waals surface area contributed by atoms with Gasteiger partial charge in [-0.1, -0.05) is 61.0 Å². The van der Waals surface area contributed by atoms with E-state index in [0.29, 0.717) is 4.83 Å². The Morgan fingerprint density at radius 3 is 2.50 bits per heavy atom. The molecule has 0 saturated carbocycles. The second-order valence-corrected chi connectivity index (χ2v) is 6.00. The van der Waals surface area contributed by atoms with E-state index < -0.39 is 0 Å². The molecule has 0 aliphatic carbocycles. The van der Waals surface area contributed by atoms with Crippen LogP contribution >= 0.6 is 15.9 Å². The molecule has 18 heavy (non-hydrogen) atoms. The predicted octanol–water partition coefficient (Wildman–Crippen LogP) is 5.80. The molecule has 1 nitrogen and oxygen atoms in total. The van der Waals surface area contributed by atoms with Crippen LogP contribution in [-0.2, 0) is 0 Å². The molecular weight excluding hydrogens is 288 g/mol. The van der Waals surface area contributed by atoms with Gasteiger partial charge in [0.1, 0.15) is 5.75 Å². The molecule has 0 N–H and O–H groups in total. The molecule has 2 heteroatoms. The maximum absolute atomic E-state index is 5.24. The molecule has 0 heterocycles. The third kappa shape index (κ3) is 5.01. The van der Waals surface area contributed by atoms with Crippen LogP contribution in [0.25, 0.3) is 0 Å². The number of hydrogen-bond acceptors (Lipinski definition) is 1. The standard InChI is InChI=1S/C16H25BrO/c1-4-5-6-7-8-9-16(17)15-11-10-14(18-3)12-13(15)2/h10-12,16H,4-9H2,1-3H3. The quantitative estimate of drug-likeness (QED) is 0.435. The lowest BCUT2D eigenvalue weighted by atomic mass is 10.0. The molecule has 0 aliphatic heterocycles. The summed E-state index contributed by atoms with van der Waals surface area (Å²) in [6, 6.07) is 6.34. The number of rotatable bonds is 8. The smallest absolute Gasteiger partial charge is 0.119 e. The van der Waals surface area contributed by atoms with Crippen molar-refractivity contribution in [3.63, 3.8) is 0 Å². The lowest BCUT2D eigenvalue weighted by Gasteiger charge is -2.14. The Bertz CT molecular complexity index is 349. The van der Waals surface area contributed by atoms with Gasteiger partial charge in [-0.2, -0.15) is 0 Å². The first-order chi connectivity index (χ1) is 8.69. The average molecular weight is 313 g/mol. The summed E-state index contributed by atoms with van der Waals surface area (Å²) in [6.07, 6.45) is 7.94. The first-order valence-corrected chi connectivity index (χ1v) is 7.89. The molecule has 0 bridgehead atoms. The fraction of sp³-hybridized carbons (Fsp3) is 0.625. The lowest BCUT2D eigenvalue weighted by molar-refractivity contribution is 0.414. The normalized spacial score (nSPS) is 12.4. The van der Waals surface area contributed by atoms with Gasteiger partial charge in [-0.15, -0.1) is 0 Å². The number of alkyl halides is 1. The highest BCUT2D eigenvalue weighted by atomic mass is 79.9. The zero-order chi connectivity index (χ0) is 13.4. The third-order valence-electron chi connectivity index (χ3n) is 3.38. The topological polar surface area (TPSA) is 9.23 Å². The van der Waals surface area contributed by atoms with Gasteiger partial charge < -0.3 is 4.74 Å². The number of methoxy groups -OCH3 is 1. The van der Waals surface area contributed by atoms with Crippen molar-refractivity contribution < 1.29 is 4.74 Å². The molecule has 0 radical (unpaired) electrons. The van der Waals surface area contributed by atoms with Crippen molar-refractivity contribution in [3.05, 3.63) is 29.3 Å². The van der Waals surface area contributed by atoms with E-state index in [2.05, 4.69) is 41.9 Å². The number of hydrogen-bond donors (Lipinski definition) is 0. The van der Waals surface area contributed by atoms with E-state index in [1.54, 1.807) is 7.11 Å². The van der Waals surface area contributed by atoms with Crippen molar-refractivity contribution in [3.8, 4) is 5.75 Å². The second-order valence-electron chi connectivity index (χ2n) is 4.89. The van der Waals surface area contributed by atoms with Crippen LogP contribution in [0.1, 0.15) is 61.4 Å². The maximum Gasteiger partial charge on any atom is 0.119 e. The van der Waals surface area contributed by atoms with E-state index in [-0.39, 0.29) is 0 Å². The van der Waals surface area contributed by atoms with Gasteiger partial charge in [0.05, 0.1) is 7.11 Å². The van der Waals surface area contributed by atoms with Crippen LogP contribution in [0, 0.1) is 6.92 Å². The van der Waals surface area contributed by atoms with Gasteiger partial charge in [-0.05, 0) is 36.6 Å². The number of benzene rings is 1. The molecule has 0 saturated heterocycles. The van der Waals surface area contributed by atoms with Crippen LogP contribution in [-0.4, -0.2) is 7.11 Å². The monoisotopic (exact) mass is 312 g/mol. The Balaban J connectivity index is 2.43. The van der Waals surface area contributed by atoms with Crippen molar-refractivity contribution in [2.24, 2.45) is 0 Å². The van der Waals surface area contributed by atoms with E-state index in [9.17, 15) is 0 Å². The number of ether oxygens (including phenoxy) is 1. The summed E-state index contributed by atoms with van der Waals surface area (Å²) in [5.41, 5.74) is 2.70. The highest BCUT2D eigenvalue weighted by Gasteiger charge is 2.10. The average Bonchev–Trinajstić information content (AvgIpc) is 2.38. The number of halogens is 1. The fourth-order valence-electron chi connectivity index (χ4n) is 2.21. The summed E-state index contributed by atoms with van der Waals surface area (Å²) in [5, 5.41) is 0. The molecule has 1 atom stereocenters. The van der Waals surface area contributed by atoms with Crippen LogP contribution in [0.3, 0.4) is 0 Å². The molecular formula is C16H25BrO. The van der Waals surface area contributed by atoms with Gasteiger partial charge in [0, 0.05) is 4.83 Å². The molecule has 0 aromatic heterocycles. The Kier molecular flexibility index (Phi) is 7.41. The zero-order valence-corrected chi connectivity index (χ0v) is 13.4. The molecule has 1 rings (SSSR count). The fourth-order valence-corrected chi connectivity index (χ4v) is 3.05. The molecule has 0 fully saturated rings. The van der Waals surface area contributed by atoms with E-state index in [0.717, 1.165) is 5.75 Å². The van der Waals surface area contributed by atoms with E-state index in [4.69, 9.17) is 4.74 Å². The lowest BCUT2D eigenvalue weighted by Crippen LogP contribution is -1.95. The van der Waals surface area contributed by atoms with Crippen molar-refractivity contribution >= 4 is 15.9 Å². The number of unbranched alkanes of at least 4 members (excludes halogenated alkanes) is 4. The molecule has 1 aromatic carbocycles. The first kappa shape index (κ1) is 15.6. The zero-order valence-electron chi connectivity index (χ0n) is 11.8. The van der Waals surface area contributed by atoms with Crippen LogP contribution in [0.4, 0.5) is 0 Å². The van der Waals surface area contributed by atoms with Gasteiger partial charge in [-0.25, -0.2) is 0 Å². The van der Waals surface area contributed by atoms with Gasteiger partial charge in [0.15, 0.2) is 0 Å². The number of aryl methyl sites for hydroxylation is 1. The van der Waals surface area contributed by atoms with Crippen LogP contribution < -0.4 is 4.74 Å². The Labute approximate surface area is 120 Å². The minimum Gasteiger partial charge on any atom is -0.497 e. The van der Waals surface area contributed by atoms with E-state index in [1.165, 1.54) is 49.7 Å². The molecule has 102 valence electrons. The van der Waals surface area contributed by atoms with Crippen molar-refractivity contribution in [2.45, 2.75) is 57.2 Å². The summed E-state index contributed by atoms with van der Waals surface area (Å²) < 4.78 is 5.24. The molecule has 1 aromatic rings. The summed E-state index contributed by atoms with van der Waals surface area (Å²) in [6.45, 7) is 4.41. The van der Waals surface area contributed by atoms with Crippen molar-refractivity contribution in [2.75, 3.05) is 7.11 Å². The highest BCUT2D eigenvalue weighted by Crippen LogP contribution is 2.32. The SMILES string of the molecule is CCCCCCCC(Br)c1ccc(OC)cc1C. The van der Waals surface area contributed by atoms with Crippen molar-refractivity contribution in [1.82, 2.24) is 0 Å². The predicted molar refractivity (Wildman–Crippen MR) is 82.8 cm³/mol. The summed E-state index contributed by atoms with van der Waals surface area (Å²) in [5.74, 6) is 0.943. The van der Waals surface area contributed by atoms with Gasteiger partial charge in [0.2, 0.25) is 0 Å². The summed E-state index contributed by atoms with van der Waals surface area (Å²) >= 11 is 3.81. The maximum atomic E-state index is 5.24. The Morgan fingerprint density at radius 1 is 1.17 bits per heavy atom. The van der Waals surface area contributed by atoms with Gasteiger partial charge in [0.25, 0.3) is 0 Å². The molecule has 0 spiro atoms. The van der Waals surface area contributed by atoms with Crippen LogP contribution in [0.2, 0.25) is 0 Å². The van der Waals surface area contributed by atoms with Gasteiger partial charge >= 0.3 is 0 Å². The second kappa shape index (κ2) is 8.58. The Hall–Kier alpha value is -0.500. The van der Waals surface area contributed by atoms with Crippen LogP contribution in [0.5, 0.6) is 5.75 Å². The molecule has 0 aliphatic rings. The van der Waals surface area contributed by atoms with E-state index >= 15 is 0 Å². The van der Waals surface area contributed by atoms with E-state index in [1.807, 2.05) is 6.07 Å². The molecule has 1 unspecified atom stereocenters. The summed E-state index contributed by atoms with van der Waals surface area (Å²) in [7, 11) is 1.72. The highest BCUT2D eigenvalue weighted by molar-refractivity contribution is 9.09. The van der Waals surface area contributed by atoms with Crippen molar-refractivity contribution in [1.29, 1.82) is 0 Å². The minimum atomic E-state index is 0.477. The minimum absolute atomic E-state index is 0.477.